The summed E-state index contributed by atoms with van der Waals surface area (Å²) in [4.78, 5) is 0. The van der Waals surface area contributed by atoms with E-state index in [9.17, 15) is 0 Å². The van der Waals surface area contributed by atoms with Crippen molar-refractivity contribution in [1.82, 2.24) is 0 Å². The molecule has 12 heavy (non-hydrogen) atoms. The average molecular weight is 245 g/mol. The van der Waals surface area contributed by atoms with Crippen LogP contribution in [0.25, 0.3) is 0 Å². The first-order valence-corrected chi connectivity index (χ1v) is 4.84. The fraction of sp³-hybridized carbons (Fsp3) is 0.111. The molecule has 2 N–H and O–H groups in total. The van der Waals surface area contributed by atoms with Crippen molar-refractivity contribution < 1.29 is 0 Å². The molecule has 0 aromatic heterocycles. The van der Waals surface area contributed by atoms with Gasteiger partial charge in [-0.15, -0.1) is 0 Å². The van der Waals surface area contributed by atoms with Crippen LogP contribution in [0.2, 0.25) is 5.02 Å². The van der Waals surface area contributed by atoms with Crippen molar-refractivity contribution in [3.05, 3.63) is 28.8 Å². The minimum atomic E-state index is 0.637. The van der Waals surface area contributed by atoms with Crippen LogP contribution in [0.3, 0.4) is 0 Å². The number of hydrogen-bond acceptors (Lipinski definition) is 1. The maximum absolute atomic E-state index is 5.86. The van der Waals surface area contributed by atoms with Gasteiger partial charge in [-0.1, -0.05) is 39.4 Å². The molecule has 0 saturated carbocycles. The maximum Gasteiger partial charge on any atom is 0.0649 e. The SMILES string of the molecule is Nc1ccc(Cl)c(C#CCBr)c1. The van der Waals surface area contributed by atoms with E-state index in [0.717, 1.165) is 5.56 Å². The molecular formula is C9H7BrClN. The normalized spacial score (nSPS) is 8.83. The van der Waals surface area contributed by atoms with Crippen molar-refractivity contribution in [2.24, 2.45) is 0 Å². The fourth-order valence-electron chi connectivity index (χ4n) is 0.767. The van der Waals surface area contributed by atoms with Crippen LogP contribution in [0.1, 0.15) is 5.56 Å². The summed E-state index contributed by atoms with van der Waals surface area (Å²) in [5, 5.41) is 1.27. The highest BCUT2D eigenvalue weighted by atomic mass is 79.9. The van der Waals surface area contributed by atoms with Crippen LogP contribution in [0.5, 0.6) is 0 Å². The zero-order valence-corrected chi connectivity index (χ0v) is 8.61. The van der Waals surface area contributed by atoms with Crippen LogP contribution in [-0.2, 0) is 0 Å². The Balaban J connectivity index is 3.05. The molecule has 0 radical (unpaired) electrons. The molecule has 62 valence electrons. The molecule has 0 spiro atoms. The van der Waals surface area contributed by atoms with Crippen molar-refractivity contribution in [2.75, 3.05) is 11.1 Å². The lowest BCUT2D eigenvalue weighted by atomic mass is 10.2. The van der Waals surface area contributed by atoms with Crippen molar-refractivity contribution in [2.45, 2.75) is 0 Å². The Morgan fingerprint density at radius 1 is 1.50 bits per heavy atom. The van der Waals surface area contributed by atoms with E-state index in [2.05, 4.69) is 27.8 Å². The average Bonchev–Trinajstić information content (AvgIpc) is 2.07. The monoisotopic (exact) mass is 243 g/mol. The van der Waals surface area contributed by atoms with E-state index >= 15 is 0 Å². The van der Waals surface area contributed by atoms with Gasteiger partial charge in [0.2, 0.25) is 0 Å². The van der Waals surface area contributed by atoms with Gasteiger partial charge in [0.1, 0.15) is 0 Å². The van der Waals surface area contributed by atoms with Crippen molar-refractivity contribution in [3.63, 3.8) is 0 Å². The highest BCUT2D eigenvalue weighted by Gasteiger charge is 1.95. The summed E-state index contributed by atoms with van der Waals surface area (Å²) < 4.78 is 0. The second-order valence-electron chi connectivity index (χ2n) is 2.17. The molecule has 0 unspecified atom stereocenters. The number of halogens is 2. The van der Waals surface area contributed by atoms with Crippen LogP contribution in [0.15, 0.2) is 18.2 Å². The highest BCUT2D eigenvalue weighted by Crippen LogP contribution is 2.17. The summed E-state index contributed by atoms with van der Waals surface area (Å²) in [6.07, 6.45) is 0. The molecule has 0 heterocycles. The van der Waals surface area contributed by atoms with E-state index in [1.54, 1.807) is 18.2 Å². The van der Waals surface area contributed by atoms with Crippen molar-refractivity contribution in [1.29, 1.82) is 0 Å². The molecule has 0 saturated heterocycles. The minimum Gasteiger partial charge on any atom is -0.399 e. The Kier molecular flexibility index (Phi) is 3.46. The highest BCUT2D eigenvalue weighted by molar-refractivity contribution is 9.09. The number of anilines is 1. The molecule has 0 bridgehead atoms. The van der Waals surface area contributed by atoms with Gasteiger partial charge in [-0.05, 0) is 18.2 Å². The second kappa shape index (κ2) is 4.39. The summed E-state index contributed by atoms with van der Waals surface area (Å²) >= 11 is 9.06. The second-order valence-corrected chi connectivity index (χ2v) is 3.14. The van der Waals surface area contributed by atoms with Crippen LogP contribution in [0.4, 0.5) is 5.69 Å². The summed E-state index contributed by atoms with van der Waals surface area (Å²) in [6.45, 7) is 0. The van der Waals surface area contributed by atoms with Gasteiger partial charge in [-0.3, -0.25) is 0 Å². The summed E-state index contributed by atoms with van der Waals surface area (Å²) in [7, 11) is 0. The number of nitrogens with two attached hydrogens (primary N) is 1. The first-order chi connectivity index (χ1) is 5.74. The number of alkyl halides is 1. The lowest BCUT2D eigenvalue weighted by Crippen LogP contribution is -1.86. The van der Waals surface area contributed by atoms with Crippen LogP contribution in [-0.4, -0.2) is 5.33 Å². The molecule has 0 fully saturated rings. The molecular weight excluding hydrogens is 237 g/mol. The smallest absolute Gasteiger partial charge is 0.0649 e. The predicted molar refractivity (Wildman–Crippen MR) is 56.5 cm³/mol. The van der Waals surface area contributed by atoms with Gasteiger partial charge < -0.3 is 5.73 Å². The Morgan fingerprint density at radius 2 is 2.25 bits per heavy atom. The lowest BCUT2D eigenvalue weighted by molar-refractivity contribution is 1.63. The third kappa shape index (κ3) is 2.44. The zero-order valence-electron chi connectivity index (χ0n) is 6.27. The van der Waals surface area contributed by atoms with E-state index in [-0.39, 0.29) is 0 Å². The minimum absolute atomic E-state index is 0.637. The van der Waals surface area contributed by atoms with E-state index in [1.807, 2.05) is 0 Å². The molecule has 1 aromatic rings. The maximum atomic E-state index is 5.86. The number of rotatable bonds is 0. The van der Waals surface area contributed by atoms with Gasteiger partial charge in [0.25, 0.3) is 0 Å². The fourth-order valence-corrected chi connectivity index (χ4v) is 1.07. The number of benzene rings is 1. The summed E-state index contributed by atoms with van der Waals surface area (Å²) in [5.74, 6) is 5.75. The van der Waals surface area contributed by atoms with E-state index in [1.165, 1.54) is 0 Å². The largest absolute Gasteiger partial charge is 0.399 e. The van der Waals surface area contributed by atoms with E-state index in [4.69, 9.17) is 17.3 Å². The van der Waals surface area contributed by atoms with Crippen LogP contribution < -0.4 is 5.73 Å². The van der Waals surface area contributed by atoms with E-state index in [0.29, 0.717) is 16.0 Å². The molecule has 0 aliphatic carbocycles. The third-order valence-electron chi connectivity index (χ3n) is 1.28. The summed E-state index contributed by atoms with van der Waals surface area (Å²) in [5.41, 5.74) is 7.01. The van der Waals surface area contributed by atoms with Gasteiger partial charge in [-0.2, -0.15) is 0 Å². The van der Waals surface area contributed by atoms with Gasteiger partial charge in [-0.25, -0.2) is 0 Å². The molecule has 1 nitrogen and oxygen atoms in total. The first-order valence-electron chi connectivity index (χ1n) is 3.34. The predicted octanol–water partition coefficient (Wildman–Crippen LogP) is 2.67. The Labute approximate surface area is 85.0 Å². The molecule has 0 aliphatic rings. The topological polar surface area (TPSA) is 26.0 Å². The first kappa shape index (κ1) is 9.44. The van der Waals surface area contributed by atoms with Gasteiger partial charge >= 0.3 is 0 Å². The molecule has 0 atom stereocenters. The number of nitrogen functional groups attached to an aromatic ring is 1. The molecule has 0 aliphatic heterocycles. The zero-order chi connectivity index (χ0) is 8.97. The van der Waals surface area contributed by atoms with Crippen molar-refractivity contribution in [3.8, 4) is 11.8 Å². The molecule has 1 aromatic carbocycles. The van der Waals surface area contributed by atoms with Crippen LogP contribution in [0, 0.1) is 11.8 Å². The quantitative estimate of drug-likeness (QED) is 0.424. The van der Waals surface area contributed by atoms with Gasteiger partial charge in [0.15, 0.2) is 0 Å². The van der Waals surface area contributed by atoms with Crippen molar-refractivity contribution >= 4 is 33.2 Å². The number of hydrogen-bond donors (Lipinski definition) is 1. The van der Waals surface area contributed by atoms with Gasteiger partial charge in [0, 0.05) is 11.3 Å². The van der Waals surface area contributed by atoms with Gasteiger partial charge in [0.05, 0.1) is 10.4 Å². The standard InChI is InChI=1S/C9H7BrClN/c10-5-1-2-7-6-8(12)3-4-9(7)11/h3-4,6H,5,12H2. The Hall–Kier alpha value is -0.650. The molecule has 3 heteroatoms. The van der Waals surface area contributed by atoms with E-state index < -0.39 is 0 Å². The summed E-state index contributed by atoms with van der Waals surface area (Å²) in [6, 6.07) is 5.26. The Morgan fingerprint density at radius 3 is 2.92 bits per heavy atom. The van der Waals surface area contributed by atoms with Crippen LogP contribution >= 0.6 is 27.5 Å². The molecule has 0 amide bonds. The Bertz CT molecular complexity index is 338. The lowest BCUT2D eigenvalue weighted by Gasteiger charge is -1.96. The third-order valence-corrected chi connectivity index (χ3v) is 1.89. The molecule has 1 rings (SSSR count).